The second-order valence-corrected chi connectivity index (χ2v) is 4.82. The first-order chi connectivity index (χ1) is 8.65. The summed E-state index contributed by atoms with van der Waals surface area (Å²) in [6.07, 6.45) is 7.66. The van der Waals surface area contributed by atoms with Crippen LogP contribution in [0, 0.1) is 10.1 Å². The number of nitro groups is 1. The molecule has 2 atom stereocenters. The molecule has 1 aliphatic rings. The van der Waals surface area contributed by atoms with Gasteiger partial charge in [0.25, 0.3) is 5.69 Å². The van der Waals surface area contributed by atoms with Crippen LogP contribution in [0.25, 0.3) is 6.08 Å². The molecule has 0 aliphatic carbocycles. The molecule has 1 fully saturated rings. The number of nitrogens with zero attached hydrogens (tertiary/aromatic N) is 1. The van der Waals surface area contributed by atoms with E-state index in [-0.39, 0.29) is 10.6 Å². The first-order valence-electron chi connectivity index (χ1n) is 6.34. The highest BCUT2D eigenvalue weighted by molar-refractivity contribution is 5.53. The van der Waals surface area contributed by atoms with E-state index in [9.17, 15) is 10.1 Å². The van der Waals surface area contributed by atoms with Gasteiger partial charge in [-0.05, 0) is 25.3 Å². The zero-order chi connectivity index (χ0) is 13.0. The van der Waals surface area contributed by atoms with Crippen LogP contribution in [0.2, 0.25) is 0 Å². The lowest BCUT2D eigenvalue weighted by molar-refractivity contribution is -0.384. The number of hydrogen-bond acceptors (Lipinski definition) is 3. The third-order valence-corrected chi connectivity index (χ3v) is 3.25. The fourth-order valence-electron chi connectivity index (χ4n) is 2.30. The zero-order valence-electron chi connectivity index (χ0n) is 10.5. The van der Waals surface area contributed by atoms with Crippen LogP contribution in [0.5, 0.6) is 0 Å². The van der Waals surface area contributed by atoms with E-state index in [1.54, 1.807) is 12.1 Å². The van der Waals surface area contributed by atoms with Gasteiger partial charge in [-0.3, -0.25) is 10.1 Å². The molecule has 0 radical (unpaired) electrons. The number of rotatable bonds is 3. The monoisotopic (exact) mass is 246 g/mol. The number of nitro benzene ring substituents is 1. The van der Waals surface area contributed by atoms with Gasteiger partial charge in [-0.1, -0.05) is 30.7 Å². The fraction of sp³-hybridized carbons (Fsp3) is 0.429. The van der Waals surface area contributed by atoms with Gasteiger partial charge < -0.3 is 5.32 Å². The van der Waals surface area contributed by atoms with E-state index in [2.05, 4.69) is 18.3 Å². The molecule has 1 N–H and O–H groups in total. The average molecular weight is 246 g/mol. The molecule has 1 aliphatic heterocycles. The van der Waals surface area contributed by atoms with Crippen molar-refractivity contribution >= 4 is 11.8 Å². The lowest BCUT2D eigenvalue weighted by Crippen LogP contribution is -2.39. The van der Waals surface area contributed by atoms with Crippen molar-refractivity contribution in [1.29, 1.82) is 0 Å². The molecule has 1 heterocycles. The second-order valence-electron chi connectivity index (χ2n) is 4.82. The molecular weight excluding hydrogens is 228 g/mol. The van der Waals surface area contributed by atoms with E-state index in [4.69, 9.17) is 0 Å². The van der Waals surface area contributed by atoms with E-state index in [1.807, 2.05) is 12.1 Å². The Kier molecular flexibility index (Phi) is 4.10. The lowest BCUT2D eigenvalue weighted by atomic mass is 9.99. The summed E-state index contributed by atoms with van der Waals surface area (Å²) >= 11 is 0. The van der Waals surface area contributed by atoms with Gasteiger partial charge in [0.2, 0.25) is 0 Å². The first kappa shape index (κ1) is 12.8. The lowest BCUT2D eigenvalue weighted by Gasteiger charge is -2.26. The summed E-state index contributed by atoms with van der Waals surface area (Å²) in [4.78, 5) is 10.3. The molecule has 96 valence electrons. The summed E-state index contributed by atoms with van der Waals surface area (Å²) < 4.78 is 0. The molecule has 0 saturated carbocycles. The molecule has 2 rings (SSSR count). The normalized spacial score (nSPS) is 24.3. The van der Waals surface area contributed by atoms with Crippen molar-refractivity contribution < 1.29 is 4.92 Å². The minimum absolute atomic E-state index is 0.141. The van der Waals surface area contributed by atoms with Gasteiger partial charge in [0.15, 0.2) is 0 Å². The van der Waals surface area contributed by atoms with Crippen molar-refractivity contribution in [1.82, 2.24) is 5.32 Å². The van der Waals surface area contributed by atoms with Crippen LogP contribution in [0.1, 0.15) is 31.7 Å². The fourth-order valence-corrected chi connectivity index (χ4v) is 2.30. The Bertz CT molecular complexity index is 457. The third-order valence-electron chi connectivity index (χ3n) is 3.25. The highest BCUT2D eigenvalue weighted by Gasteiger charge is 2.14. The number of benzene rings is 1. The molecule has 0 amide bonds. The maximum absolute atomic E-state index is 10.7. The summed E-state index contributed by atoms with van der Waals surface area (Å²) in [6.45, 7) is 2.19. The van der Waals surface area contributed by atoms with Gasteiger partial charge in [0.1, 0.15) is 0 Å². The Balaban J connectivity index is 2.04. The van der Waals surface area contributed by atoms with Gasteiger partial charge in [-0.2, -0.15) is 0 Å². The molecule has 1 saturated heterocycles. The predicted octanol–water partition coefficient (Wildman–Crippen LogP) is 3.14. The summed E-state index contributed by atoms with van der Waals surface area (Å²) in [7, 11) is 0. The van der Waals surface area contributed by atoms with Gasteiger partial charge in [-0.25, -0.2) is 0 Å². The van der Waals surface area contributed by atoms with Crippen molar-refractivity contribution in [3.63, 3.8) is 0 Å². The standard InChI is InChI=1S/C14H18N2O2/c1-11-4-2-6-13(15-11)9-8-12-5-3-7-14(10-12)16(17)18/h3,5,7-11,13,15H,2,4,6H2,1H3/b9-8+. The highest BCUT2D eigenvalue weighted by atomic mass is 16.6. The predicted molar refractivity (Wildman–Crippen MR) is 72.4 cm³/mol. The van der Waals surface area contributed by atoms with Crippen molar-refractivity contribution in [3.05, 3.63) is 46.0 Å². The average Bonchev–Trinajstić information content (AvgIpc) is 2.37. The Labute approximate surface area is 107 Å². The first-order valence-corrected chi connectivity index (χ1v) is 6.34. The van der Waals surface area contributed by atoms with Gasteiger partial charge in [0, 0.05) is 24.2 Å². The van der Waals surface area contributed by atoms with E-state index in [0.717, 1.165) is 12.0 Å². The van der Waals surface area contributed by atoms with Gasteiger partial charge in [-0.15, -0.1) is 0 Å². The Morgan fingerprint density at radius 3 is 3.00 bits per heavy atom. The van der Waals surface area contributed by atoms with Crippen LogP contribution in [-0.4, -0.2) is 17.0 Å². The molecule has 1 aromatic carbocycles. The summed E-state index contributed by atoms with van der Waals surface area (Å²) in [5.41, 5.74) is 1.02. The Hall–Kier alpha value is -1.68. The number of non-ortho nitro benzene ring substituents is 1. The van der Waals surface area contributed by atoms with Crippen LogP contribution in [0.3, 0.4) is 0 Å². The van der Waals surface area contributed by atoms with Gasteiger partial charge in [0.05, 0.1) is 4.92 Å². The maximum Gasteiger partial charge on any atom is 0.270 e. The maximum atomic E-state index is 10.7. The smallest absolute Gasteiger partial charge is 0.270 e. The van der Waals surface area contributed by atoms with Crippen LogP contribution < -0.4 is 5.32 Å². The Morgan fingerprint density at radius 1 is 1.44 bits per heavy atom. The minimum atomic E-state index is -0.363. The molecule has 2 unspecified atom stereocenters. The molecular formula is C14H18N2O2. The third kappa shape index (κ3) is 3.40. The highest BCUT2D eigenvalue weighted by Crippen LogP contribution is 2.17. The topological polar surface area (TPSA) is 55.2 Å². The molecule has 0 bridgehead atoms. The van der Waals surface area contributed by atoms with Crippen molar-refractivity contribution in [2.75, 3.05) is 0 Å². The van der Waals surface area contributed by atoms with Crippen LogP contribution in [0.15, 0.2) is 30.3 Å². The SMILES string of the molecule is CC1CCCC(/C=C/c2cccc([N+](=O)[O-])c2)N1. The second kappa shape index (κ2) is 5.78. The van der Waals surface area contributed by atoms with E-state index in [1.165, 1.54) is 18.9 Å². The quantitative estimate of drug-likeness (QED) is 0.658. The minimum Gasteiger partial charge on any atom is -0.308 e. The molecule has 0 aromatic heterocycles. The zero-order valence-corrected chi connectivity index (χ0v) is 10.5. The van der Waals surface area contributed by atoms with Crippen molar-refractivity contribution in [2.45, 2.75) is 38.3 Å². The molecule has 1 aromatic rings. The van der Waals surface area contributed by atoms with Crippen molar-refractivity contribution in [2.24, 2.45) is 0 Å². The molecule has 0 spiro atoms. The summed E-state index contributed by atoms with van der Waals surface area (Å²) in [5.74, 6) is 0. The number of hydrogen-bond donors (Lipinski definition) is 1. The van der Waals surface area contributed by atoms with Crippen molar-refractivity contribution in [3.8, 4) is 0 Å². The number of piperidine rings is 1. The molecule has 4 nitrogen and oxygen atoms in total. The Morgan fingerprint density at radius 2 is 2.28 bits per heavy atom. The summed E-state index contributed by atoms with van der Waals surface area (Å²) in [5, 5.41) is 14.2. The number of nitrogens with one attached hydrogen (secondary N) is 1. The van der Waals surface area contributed by atoms with Crippen LogP contribution in [0.4, 0.5) is 5.69 Å². The van der Waals surface area contributed by atoms with E-state index < -0.39 is 0 Å². The van der Waals surface area contributed by atoms with Crippen LogP contribution >= 0.6 is 0 Å². The van der Waals surface area contributed by atoms with Gasteiger partial charge >= 0.3 is 0 Å². The van der Waals surface area contributed by atoms with Crippen LogP contribution in [-0.2, 0) is 0 Å². The van der Waals surface area contributed by atoms with E-state index >= 15 is 0 Å². The molecule has 18 heavy (non-hydrogen) atoms. The van der Waals surface area contributed by atoms with E-state index in [0.29, 0.717) is 12.1 Å². The molecule has 4 heteroatoms. The largest absolute Gasteiger partial charge is 0.308 e. The summed E-state index contributed by atoms with van der Waals surface area (Å²) in [6, 6.07) is 7.65.